The lowest BCUT2D eigenvalue weighted by Gasteiger charge is -2.27. The van der Waals surface area contributed by atoms with Crippen LogP contribution in [0.2, 0.25) is 0 Å². The number of hydrogen-bond acceptors (Lipinski definition) is 3. The Morgan fingerprint density at radius 2 is 1.89 bits per heavy atom. The molecule has 1 aliphatic heterocycles. The summed E-state index contributed by atoms with van der Waals surface area (Å²) >= 11 is 3.35. The number of benzene rings is 1. The maximum atomic E-state index is 11.8. The number of halogens is 2. The first-order valence-electron chi connectivity index (χ1n) is 5.62. The molecule has 1 aliphatic rings. The van der Waals surface area contributed by atoms with Crippen molar-refractivity contribution in [1.82, 2.24) is 10.2 Å². The van der Waals surface area contributed by atoms with E-state index < -0.39 is 0 Å². The summed E-state index contributed by atoms with van der Waals surface area (Å²) in [4.78, 5) is 13.6. The standard InChI is InChI=1S/C12H15BrN2O2.ClH/c13-10-1-3-11(4-2-10)17-9-12(16)15-7-5-14-6-8-15;/h1-4,14H,5-9H2;1H. The predicted molar refractivity (Wildman–Crippen MR) is 76.3 cm³/mol. The molecule has 18 heavy (non-hydrogen) atoms. The number of piperazine rings is 1. The quantitative estimate of drug-likeness (QED) is 0.914. The molecular formula is C12H16BrClN2O2. The molecule has 1 heterocycles. The lowest BCUT2D eigenvalue weighted by Crippen LogP contribution is -2.47. The monoisotopic (exact) mass is 334 g/mol. The van der Waals surface area contributed by atoms with Gasteiger partial charge in [0.25, 0.3) is 5.91 Å². The van der Waals surface area contributed by atoms with Crippen LogP contribution in [0.3, 0.4) is 0 Å². The van der Waals surface area contributed by atoms with Crippen molar-refractivity contribution >= 4 is 34.2 Å². The zero-order valence-electron chi connectivity index (χ0n) is 9.89. The number of hydrogen-bond donors (Lipinski definition) is 1. The van der Waals surface area contributed by atoms with Gasteiger partial charge in [-0.1, -0.05) is 15.9 Å². The molecule has 0 aliphatic carbocycles. The van der Waals surface area contributed by atoms with Crippen LogP contribution in [0.1, 0.15) is 0 Å². The van der Waals surface area contributed by atoms with Gasteiger partial charge in [0.2, 0.25) is 0 Å². The molecule has 2 rings (SSSR count). The van der Waals surface area contributed by atoms with Gasteiger partial charge in [-0.15, -0.1) is 12.4 Å². The number of ether oxygens (including phenoxy) is 1. The summed E-state index contributed by atoms with van der Waals surface area (Å²) in [7, 11) is 0. The number of nitrogens with zero attached hydrogens (tertiary/aromatic N) is 1. The summed E-state index contributed by atoms with van der Waals surface area (Å²) in [5.74, 6) is 0.770. The third kappa shape index (κ3) is 4.48. The molecule has 1 aromatic carbocycles. The van der Waals surface area contributed by atoms with E-state index in [1.165, 1.54) is 0 Å². The van der Waals surface area contributed by atoms with E-state index in [4.69, 9.17) is 4.74 Å². The first-order valence-corrected chi connectivity index (χ1v) is 6.42. The maximum Gasteiger partial charge on any atom is 0.260 e. The van der Waals surface area contributed by atoms with Gasteiger partial charge in [0.05, 0.1) is 0 Å². The highest BCUT2D eigenvalue weighted by molar-refractivity contribution is 9.10. The highest BCUT2D eigenvalue weighted by Gasteiger charge is 2.16. The fourth-order valence-electron chi connectivity index (χ4n) is 1.68. The Labute approximate surface area is 121 Å². The summed E-state index contributed by atoms with van der Waals surface area (Å²) < 4.78 is 6.44. The van der Waals surface area contributed by atoms with Crippen molar-refractivity contribution in [3.8, 4) is 5.75 Å². The van der Waals surface area contributed by atoms with Crippen LogP contribution in [-0.2, 0) is 4.79 Å². The van der Waals surface area contributed by atoms with Crippen molar-refractivity contribution in [2.45, 2.75) is 0 Å². The van der Waals surface area contributed by atoms with Crippen LogP contribution in [-0.4, -0.2) is 43.6 Å². The van der Waals surface area contributed by atoms with Crippen molar-refractivity contribution in [2.75, 3.05) is 32.8 Å². The summed E-state index contributed by atoms with van der Waals surface area (Å²) in [6, 6.07) is 7.47. The third-order valence-electron chi connectivity index (χ3n) is 2.65. The van der Waals surface area contributed by atoms with Crippen molar-refractivity contribution in [3.63, 3.8) is 0 Å². The Morgan fingerprint density at radius 1 is 1.28 bits per heavy atom. The first kappa shape index (κ1) is 15.3. The number of rotatable bonds is 3. The SMILES string of the molecule is Cl.O=C(COc1ccc(Br)cc1)N1CCNCC1. The van der Waals surface area contributed by atoms with Crippen molar-refractivity contribution in [1.29, 1.82) is 0 Å². The molecule has 0 atom stereocenters. The van der Waals surface area contributed by atoms with E-state index >= 15 is 0 Å². The van der Waals surface area contributed by atoms with Crippen LogP contribution >= 0.6 is 28.3 Å². The maximum absolute atomic E-state index is 11.8. The molecule has 4 nitrogen and oxygen atoms in total. The van der Waals surface area contributed by atoms with Gasteiger partial charge in [-0.25, -0.2) is 0 Å². The van der Waals surface area contributed by atoms with Gasteiger partial charge < -0.3 is 15.0 Å². The highest BCUT2D eigenvalue weighted by Crippen LogP contribution is 2.16. The molecular weight excluding hydrogens is 320 g/mol. The average molecular weight is 336 g/mol. The molecule has 1 N–H and O–H groups in total. The number of amides is 1. The highest BCUT2D eigenvalue weighted by atomic mass is 79.9. The van der Waals surface area contributed by atoms with Crippen LogP contribution in [0, 0.1) is 0 Å². The predicted octanol–water partition coefficient (Wildman–Crippen LogP) is 1.68. The zero-order chi connectivity index (χ0) is 12.1. The van der Waals surface area contributed by atoms with Gasteiger partial charge in [0, 0.05) is 30.7 Å². The molecule has 100 valence electrons. The van der Waals surface area contributed by atoms with Gasteiger partial charge in [0.1, 0.15) is 5.75 Å². The van der Waals surface area contributed by atoms with Crippen molar-refractivity contribution < 1.29 is 9.53 Å². The lowest BCUT2D eigenvalue weighted by molar-refractivity contribution is -0.133. The van der Waals surface area contributed by atoms with E-state index in [0.717, 1.165) is 36.4 Å². The molecule has 1 aromatic rings. The average Bonchev–Trinajstić information content (AvgIpc) is 2.39. The van der Waals surface area contributed by atoms with Crippen LogP contribution in [0.4, 0.5) is 0 Å². The second-order valence-electron chi connectivity index (χ2n) is 3.87. The summed E-state index contributed by atoms with van der Waals surface area (Å²) in [6.45, 7) is 3.38. The molecule has 0 aromatic heterocycles. The number of nitrogens with one attached hydrogen (secondary N) is 1. The Bertz CT molecular complexity index is 380. The minimum Gasteiger partial charge on any atom is -0.484 e. The largest absolute Gasteiger partial charge is 0.484 e. The Kier molecular flexibility index (Phi) is 6.46. The minimum absolute atomic E-state index is 0. The molecule has 1 amide bonds. The Hall–Kier alpha value is -0.780. The fourth-order valence-corrected chi connectivity index (χ4v) is 1.95. The molecule has 0 spiro atoms. The summed E-state index contributed by atoms with van der Waals surface area (Å²) in [6.07, 6.45) is 0. The van der Waals surface area contributed by atoms with E-state index in [-0.39, 0.29) is 24.9 Å². The van der Waals surface area contributed by atoms with Gasteiger partial charge in [-0.05, 0) is 24.3 Å². The van der Waals surface area contributed by atoms with Gasteiger partial charge in [0.15, 0.2) is 6.61 Å². The molecule has 0 saturated carbocycles. The van der Waals surface area contributed by atoms with Crippen molar-refractivity contribution in [2.24, 2.45) is 0 Å². The Morgan fingerprint density at radius 3 is 2.50 bits per heavy atom. The second-order valence-corrected chi connectivity index (χ2v) is 4.79. The normalized spacial score (nSPS) is 14.8. The number of carbonyl (C=O) groups is 1. The molecule has 0 radical (unpaired) electrons. The van der Waals surface area contributed by atoms with E-state index in [0.29, 0.717) is 0 Å². The van der Waals surface area contributed by atoms with Gasteiger partial charge in [-0.2, -0.15) is 0 Å². The zero-order valence-corrected chi connectivity index (χ0v) is 12.3. The van der Waals surface area contributed by atoms with Crippen molar-refractivity contribution in [3.05, 3.63) is 28.7 Å². The Balaban J connectivity index is 0.00000162. The van der Waals surface area contributed by atoms with Gasteiger partial charge >= 0.3 is 0 Å². The van der Waals surface area contributed by atoms with Gasteiger partial charge in [-0.3, -0.25) is 4.79 Å². The van der Waals surface area contributed by atoms with Crippen LogP contribution in [0.15, 0.2) is 28.7 Å². The first-order chi connectivity index (χ1) is 8.25. The fraction of sp³-hybridized carbons (Fsp3) is 0.417. The van der Waals surface area contributed by atoms with E-state index in [2.05, 4.69) is 21.2 Å². The molecule has 6 heteroatoms. The van der Waals surface area contributed by atoms with Crippen LogP contribution in [0.5, 0.6) is 5.75 Å². The third-order valence-corrected chi connectivity index (χ3v) is 3.17. The lowest BCUT2D eigenvalue weighted by atomic mass is 10.3. The smallest absolute Gasteiger partial charge is 0.260 e. The van der Waals surface area contributed by atoms with Crippen LogP contribution < -0.4 is 10.1 Å². The topological polar surface area (TPSA) is 41.6 Å². The van der Waals surface area contributed by atoms with E-state index in [1.807, 2.05) is 29.2 Å². The van der Waals surface area contributed by atoms with Crippen LogP contribution in [0.25, 0.3) is 0 Å². The molecule has 1 fully saturated rings. The number of carbonyl (C=O) groups excluding carboxylic acids is 1. The molecule has 0 unspecified atom stereocenters. The van der Waals surface area contributed by atoms with E-state index in [9.17, 15) is 4.79 Å². The molecule has 0 bridgehead atoms. The van der Waals surface area contributed by atoms with E-state index in [1.54, 1.807) is 0 Å². The minimum atomic E-state index is 0. The second kappa shape index (κ2) is 7.61. The summed E-state index contributed by atoms with van der Waals surface area (Å²) in [5.41, 5.74) is 0. The molecule has 1 saturated heterocycles. The summed E-state index contributed by atoms with van der Waals surface area (Å²) in [5, 5.41) is 3.21.